The van der Waals surface area contributed by atoms with Crippen molar-refractivity contribution in [3.63, 3.8) is 0 Å². The quantitative estimate of drug-likeness (QED) is 0.286. The second kappa shape index (κ2) is 10.1. The molecule has 0 saturated heterocycles. The van der Waals surface area contributed by atoms with E-state index in [-0.39, 0.29) is 28.0 Å². The first kappa shape index (κ1) is 25.3. The van der Waals surface area contributed by atoms with E-state index in [4.69, 9.17) is 4.74 Å². The molecule has 0 spiro atoms. The van der Waals surface area contributed by atoms with Gasteiger partial charge in [0.15, 0.2) is 6.61 Å². The number of para-hydroxylation sites is 1. The average molecular weight is 506 g/mol. The summed E-state index contributed by atoms with van der Waals surface area (Å²) in [5, 5.41) is 25.2. The molecule has 0 radical (unpaired) electrons. The van der Waals surface area contributed by atoms with Crippen LogP contribution in [0.25, 0.3) is 0 Å². The molecule has 0 fully saturated rings. The Hall–Kier alpha value is -2.94. The van der Waals surface area contributed by atoms with Crippen LogP contribution in [-0.4, -0.2) is 28.8 Å². The Morgan fingerprint density at radius 2 is 1.91 bits per heavy atom. The lowest BCUT2D eigenvalue weighted by Gasteiger charge is -2.33. The molecule has 32 heavy (non-hydrogen) atoms. The smallest absolute Gasteiger partial charge is 0.312 e. The highest BCUT2D eigenvalue weighted by Gasteiger charge is 2.31. The Morgan fingerprint density at radius 3 is 2.50 bits per heavy atom. The summed E-state index contributed by atoms with van der Waals surface area (Å²) in [6.07, 6.45) is 2.11. The number of ether oxygens (including phenoxy) is 1. The number of carbonyl (C=O) groups is 1. The number of aromatic hydroxyl groups is 1. The van der Waals surface area contributed by atoms with Gasteiger partial charge in [-0.3, -0.25) is 14.9 Å². The van der Waals surface area contributed by atoms with Crippen LogP contribution >= 0.6 is 15.9 Å². The van der Waals surface area contributed by atoms with Gasteiger partial charge in [0.1, 0.15) is 5.75 Å². The fraction of sp³-hybridized carbons (Fsp3) is 0.391. The van der Waals surface area contributed by atoms with Gasteiger partial charge < -0.3 is 9.84 Å². The first-order valence-corrected chi connectivity index (χ1v) is 10.8. The Labute approximate surface area is 196 Å². The van der Waals surface area contributed by atoms with E-state index in [0.29, 0.717) is 10.0 Å². The van der Waals surface area contributed by atoms with Crippen LogP contribution in [0.5, 0.6) is 11.5 Å². The van der Waals surface area contributed by atoms with Crippen LogP contribution in [0.3, 0.4) is 0 Å². The summed E-state index contributed by atoms with van der Waals surface area (Å²) < 4.78 is 5.86. The number of nitro benzene ring substituents is 1. The van der Waals surface area contributed by atoms with Crippen molar-refractivity contribution in [1.29, 1.82) is 0 Å². The van der Waals surface area contributed by atoms with Gasteiger partial charge in [-0.25, -0.2) is 5.43 Å². The maximum atomic E-state index is 12.1. The van der Waals surface area contributed by atoms with Gasteiger partial charge in [-0.15, -0.1) is 0 Å². The highest BCUT2D eigenvalue weighted by atomic mass is 79.9. The molecule has 0 heterocycles. The molecule has 0 atom stereocenters. The molecule has 9 heteroatoms. The van der Waals surface area contributed by atoms with Crippen molar-refractivity contribution in [2.24, 2.45) is 10.5 Å². The van der Waals surface area contributed by atoms with Crippen LogP contribution in [0.15, 0.2) is 46.0 Å². The minimum Gasteiger partial charge on any atom is -0.507 e. The number of hydrogen-bond donors (Lipinski definition) is 2. The van der Waals surface area contributed by atoms with Crippen molar-refractivity contribution in [1.82, 2.24) is 5.43 Å². The number of phenols is 1. The third-order valence-electron chi connectivity index (χ3n) is 4.65. The van der Waals surface area contributed by atoms with Crippen molar-refractivity contribution < 1.29 is 19.6 Å². The topological polar surface area (TPSA) is 114 Å². The monoisotopic (exact) mass is 505 g/mol. The minimum absolute atomic E-state index is 0.0230. The van der Waals surface area contributed by atoms with Crippen LogP contribution in [-0.2, 0) is 10.2 Å². The Morgan fingerprint density at radius 1 is 1.25 bits per heavy atom. The summed E-state index contributed by atoms with van der Waals surface area (Å²) in [6.45, 7) is 9.98. The average Bonchev–Trinajstić information content (AvgIpc) is 2.66. The summed E-state index contributed by atoms with van der Waals surface area (Å²) in [5.74, 6) is -0.601. The van der Waals surface area contributed by atoms with E-state index < -0.39 is 17.4 Å². The number of carbonyl (C=O) groups excluding carboxylic acids is 1. The van der Waals surface area contributed by atoms with Gasteiger partial charge in [0.05, 0.1) is 15.6 Å². The van der Waals surface area contributed by atoms with Gasteiger partial charge in [-0.05, 0) is 56.9 Å². The fourth-order valence-corrected chi connectivity index (χ4v) is 4.18. The molecule has 0 bridgehead atoms. The predicted octanol–water partition coefficient (Wildman–Crippen LogP) is 5.31. The van der Waals surface area contributed by atoms with Crippen molar-refractivity contribution in [2.75, 3.05) is 6.61 Å². The van der Waals surface area contributed by atoms with E-state index in [2.05, 4.69) is 47.2 Å². The number of amides is 1. The first-order chi connectivity index (χ1) is 14.8. The number of hydrogen-bond acceptors (Lipinski definition) is 6. The van der Waals surface area contributed by atoms with Crippen molar-refractivity contribution >= 4 is 33.7 Å². The highest BCUT2D eigenvalue weighted by molar-refractivity contribution is 9.10. The van der Waals surface area contributed by atoms with Crippen LogP contribution in [0.1, 0.15) is 52.2 Å². The molecule has 0 saturated carbocycles. The Balaban J connectivity index is 2.15. The molecule has 8 nitrogen and oxygen atoms in total. The Kier molecular flexibility index (Phi) is 8.01. The molecule has 0 aromatic heterocycles. The summed E-state index contributed by atoms with van der Waals surface area (Å²) >= 11 is 3.36. The number of halogens is 1. The standard InChI is InChI=1S/C23H28BrN3O5/c1-22(2,3)14-23(4,5)16-10-17(24)21(18(11-16)27(30)31)32-13-20(29)26-25-12-15-8-6-7-9-19(15)28/h6-12,28H,13-14H2,1-5H3,(H,26,29)/b25-12+. The molecule has 2 rings (SSSR count). The summed E-state index contributed by atoms with van der Waals surface area (Å²) in [6, 6.07) is 9.80. The lowest BCUT2D eigenvalue weighted by molar-refractivity contribution is -0.386. The maximum absolute atomic E-state index is 12.1. The van der Waals surface area contributed by atoms with Gasteiger partial charge in [-0.2, -0.15) is 5.10 Å². The van der Waals surface area contributed by atoms with E-state index >= 15 is 0 Å². The van der Waals surface area contributed by atoms with Gasteiger partial charge in [-0.1, -0.05) is 46.8 Å². The minimum atomic E-state index is -0.602. The van der Waals surface area contributed by atoms with E-state index in [1.807, 2.05) is 13.8 Å². The van der Waals surface area contributed by atoms with Crippen LogP contribution < -0.4 is 10.2 Å². The third kappa shape index (κ3) is 7.05. The molecule has 0 aliphatic heterocycles. The Bertz CT molecular complexity index is 1030. The van der Waals surface area contributed by atoms with Crippen molar-refractivity contribution in [3.05, 3.63) is 62.1 Å². The van der Waals surface area contributed by atoms with Crippen molar-refractivity contribution in [3.8, 4) is 11.5 Å². The maximum Gasteiger partial charge on any atom is 0.312 e. The highest BCUT2D eigenvalue weighted by Crippen LogP contribution is 2.43. The second-order valence-corrected chi connectivity index (χ2v) is 10.2. The zero-order chi connectivity index (χ0) is 24.1. The van der Waals surface area contributed by atoms with Crippen LogP contribution in [0.4, 0.5) is 5.69 Å². The summed E-state index contributed by atoms with van der Waals surface area (Å²) in [4.78, 5) is 23.2. The first-order valence-electron chi connectivity index (χ1n) is 10.0. The molecule has 1 amide bonds. The van der Waals surface area contributed by atoms with Gasteiger partial charge in [0, 0.05) is 11.6 Å². The van der Waals surface area contributed by atoms with Crippen LogP contribution in [0.2, 0.25) is 0 Å². The van der Waals surface area contributed by atoms with E-state index in [1.165, 1.54) is 18.3 Å². The molecule has 0 aliphatic carbocycles. The largest absolute Gasteiger partial charge is 0.507 e. The van der Waals surface area contributed by atoms with Gasteiger partial charge in [0.2, 0.25) is 5.75 Å². The van der Waals surface area contributed by atoms with Crippen molar-refractivity contribution in [2.45, 2.75) is 46.5 Å². The van der Waals surface area contributed by atoms with E-state index in [9.17, 15) is 20.0 Å². The second-order valence-electron chi connectivity index (χ2n) is 9.33. The normalized spacial score (nSPS) is 12.1. The molecule has 0 aliphatic rings. The molecular formula is C23H28BrN3O5. The molecule has 2 N–H and O–H groups in total. The molecule has 2 aromatic rings. The lowest BCUT2D eigenvalue weighted by atomic mass is 9.72. The number of nitrogens with one attached hydrogen (secondary N) is 1. The third-order valence-corrected chi connectivity index (χ3v) is 5.24. The fourth-order valence-electron chi connectivity index (χ4n) is 3.62. The summed E-state index contributed by atoms with van der Waals surface area (Å²) in [7, 11) is 0. The van der Waals surface area contributed by atoms with Crippen LogP contribution in [0, 0.1) is 15.5 Å². The number of nitro groups is 1. The molecular weight excluding hydrogens is 478 g/mol. The number of hydrazone groups is 1. The number of rotatable bonds is 8. The zero-order valence-electron chi connectivity index (χ0n) is 18.8. The predicted molar refractivity (Wildman–Crippen MR) is 127 cm³/mol. The van der Waals surface area contributed by atoms with Gasteiger partial charge in [0.25, 0.3) is 5.91 Å². The van der Waals surface area contributed by atoms with E-state index in [1.54, 1.807) is 24.3 Å². The number of nitrogens with zero attached hydrogens (tertiary/aromatic N) is 2. The molecule has 172 valence electrons. The lowest BCUT2D eigenvalue weighted by Crippen LogP contribution is -2.26. The van der Waals surface area contributed by atoms with Gasteiger partial charge >= 0.3 is 5.69 Å². The van der Waals surface area contributed by atoms with E-state index in [0.717, 1.165) is 12.0 Å². The summed E-state index contributed by atoms with van der Waals surface area (Å²) in [5.41, 5.74) is 3.01. The zero-order valence-corrected chi connectivity index (χ0v) is 20.4. The number of phenolic OH excluding ortho intramolecular Hbond substituents is 1. The molecule has 0 unspecified atom stereocenters. The number of benzene rings is 2. The molecule has 2 aromatic carbocycles. The SMILES string of the molecule is CC(C)(C)CC(C)(C)c1cc(Br)c(OCC(=O)N/N=C/c2ccccc2O)c([N+](=O)[O-])c1.